The molecule has 0 unspecified atom stereocenters. The van der Waals surface area contributed by atoms with Crippen molar-refractivity contribution in [1.82, 2.24) is 20.2 Å². The zero-order valence-corrected chi connectivity index (χ0v) is 17.3. The number of hydrogen-bond acceptors (Lipinski definition) is 5. The Hall–Kier alpha value is -3.00. The largest absolute Gasteiger partial charge is 0.302 e. The summed E-state index contributed by atoms with van der Waals surface area (Å²) in [5.41, 5.74) is 6.03. The number of halogens is 1. The number of thioether (sulfide) groups is 1. The molecule has 29 heavy (non-hydrogen) atoms. The van der Waals surface area contributed by atoms with E-state index in [9.17, 15) is 9.18 Å². The molecule has 0 aliphatic carbocycles. The fourth-order valence-corrected chi connectivity index (χ4v) is 3.46. The first kappa shape index (κ1) is 20.7. The van der Waals surface area contributed by atoms with Gasteiger partial charge in [0.15, 0.2) is 11.0 Å². The summed E-state index contributed by atoms with van der Waals surface area (Å²) < 4.78 is 15.0. The van der Waals surface area contributed by atoms with Crippen LogP contribution in [0, 0.1) is 12.7 Å². The first-order valence-electron chi connectivity index (χ1n) is 9.20. The molecule has 0 radical (unpaired) electrons. The molecule has 0 bridgehead atoms. The van der Waals surface area contributed by atoms with E-state index >= 15 is 0 Å². The SMILES string of the molecule is CCn1c(SCC(=O)N/N=C(\C)c2ccc(F)cc2)nnc1-c1ccc(C)cc1. The standard InChI is InChI=1S/C21H22FN5OS/c1-4-27-20(17-7-5-14(2)6-8-17)25-26-21(27)29-13-19(28)24-23-15(3)16-9-11-18(22)12-10-16/h5-12H,4,13H2,1-3H3,(H,24,28)/b23-15+. The summed E-state index contributed by atoms with van der Waals surface area (Å²) in [5.74, 6) is 0.373. The van der Waals surface area contributed by atoms with Crippen molar-refractivity contribution in [3.05, 3.63) is 65.5 Å². The number of benzene rings is 2. The summed E-state index contributed by atoms with van der Waals surface area (Å²) >= 11 is 1.31. The van der Waals surface area contributed by atoms with Gasteiger partial charge in [0.25, 0.3) is 5.91 Å². The second-order valence-electron chi connectivity index (χ2n) is 6.44. The number of amides is 1. The molecule has 8 heteroatoms. The maximum Gasteiger partial charge on any atom is 0.250 e. The van der Waals surface area contributed by atoms with Crippen LogP contribution >= 0.6 is 11.8 Å². The summed E-state index contributed by atoms with van der Waals surface area (Å²) in [6.07, 6.45) is 0. The van der Waals surface area contributed by atoms with E-state index in [0.29, 0.717) is 17.4 Å². The molecule has 0 saturated carbocycles. The van der Waals surface area contributed by atoms with Crippen molar-refractivity contribution in [2.75, 3.05) is 5.75 Å². The van der Waals surface area contributed by atoms with Crippen LogP contribution in [0.2, 0.25) is 0 Å². The molecule has 1 heterocycles. The highest BCUT2D eigenvalue weighted by Gasteiger charge is 2.14. The summed E-state index contributed by atoms with van der Waals surface area (Å²) in [6.45, 7) is 6.50. The zero-order chi connectivity index (χ0) is 20.8. The highest BCUT2D eigenvalue weighted by molar-refractivity contribution is 7.99. The maximum atomic E-state index is 13.0. The molecule has 1 N–H and O–H groups in total. The molecule has 0 spiro atoms. The van der Waals surface area contributed by atoms with Crippen LogP contribution in [-0.4, -0.2) is 32.1 Å². The minimum atomic E-state index is -0.313. The summed E-state index contributed by atoms with van der Waals surface area (Å²) in [4.78, 5) is 12.2. The molecule has 150 valence electrons. The second-order valence-corrected chi connectivity index (χ2v) is 7.39. The Bertz CT molecular complexity index is 1010. The number of nitrogens with one attached hydrogen (secondary N) is 1. The normalized spacial score (nSPS) is 11.5. The number of aromatic nitrogens is 3. The Morgan fingerprint density at radius 2 is 1.83 bits per heavy atom. The number of carbonyl (C=O) groups is 1. The van der Waals surface area contributed by atoms with Crippen molar-refractivity contribution < 1.29 is 9.18 Å². The Labute approximate surface area is 173 Å². The third kappa shape index (κ3) is 5.29. The topological polar surface area (TPSA) is 72.2 Å². The van der Waals surface area contributed by atoms with Crippen LogP contribution in [0.5, 0.6) is 0 Å². The van der Waals surface area contributed by atoms with E-state index < -0.39 is 0 Å². The van der Waals surface area contributed by atoms with Gasteiger partial charge in [-0.15, -0.1) is 10.2 Å². The molecule has 0 saturated heterocycles. The minimum Gasteiger partial charge on any atom is -0.302 e. The van der Waals surface area contributed by atoms with Gasteiger partial charge in [0, 0.05) is 12.1 Å². The minimum absolute atomic E-state index is 0.159. The lowest BCUT2D eigenvalue weighted by Crippen LogP contribution is -2.21. The molecule has 6 nitrogen and oxygen atoms in total. The number of aryl methyl sites for hydroxylation is 1. The third-order valence-corrected chi connectivity index (χ3v) is 5.25. The molecule has 1 amide bonds. The van der Waals surface area contributed by atoms with Crippen molar-refractivity contribution >= 4 is 23.4 Å². The Balaban J connectivity index is 1.62. The van der Waals surface area contributed by atoms with Gasteiger partial charge in [0.1, 0.15) is 5.82 Å². The molecule has 2 aromatic carbocycles. The molecule has 0 fully saturated rings. The molecule has 0 aliphatic rings. The van der Waals surface area contributed by atoms with E-state index in [-0.39, 0.29) is 17.5 Å². The summed E-state index contributed by atoms with van der Waals surface area (Å²) in [7, 11) is 0. The van der Waals surface area contributed by atoms with E-state index in [1.165, 1.54) is 29.5 Å². The lowest BCUT2D eigenvalue weighted by atomic mass is 10.1. The highest BCUT2D eigenvalue weighted by atomic mass is 32.2. The number of hydrogen-bond donors (Lipinski definition) is 1. The van der Waals surface area contributed by atoms with Gasteiger partial charge in [-0.05, 0) is 38.5 Å². The van der Waals surface area contributed by atoms with Crippen molar-refractivity contribution in [1.29, 1.82) is 0 Å². The van der Waals surface area contributed by atoms with Gasteiger partial charge >= 0.3 is 0 Å². The second kappa shape index (κ2) is 9.47. The van der Waals surface area contributed by atoms with Crippen LogP contribution in [0.3, 0.4) is 0 Å². The lowest BCUT2D eigenvalue weighted by molar-refractivity contribution is -0.118. The van der Waals surface area contributed by atoms with Crippen LogP contribution in [0.15, 0.2) is 58.8 Å². The molecule has 0 aliphatic heterocycles. The lowest BCUT2D eigenvalue weighted by Gasteiger charge is -2.07. The molecule has 1 aromatic heterocycles. The van der Waals surface area contributed by atoms with Gasteiger partial charge in [-0.1, -0.05) is 53.7 Å². The Morgan fingerprint density at radius 3 is 2.48 bits per heavy atom. The molecule has 3 rings (SSSR count). The fourth-order valence-electron chi connectivity index (χ4n) is 2.66. The van der Waals surface area contributed by atoms with Gasteiger partial charge in [0.2, 0.25) is 0 Å². The number of hydrazone groups is 1. The first-order chi connectivity index (χ1) is 14.0. The smallest absolute Gasteiger partial charge is 0.250 e. The highest BCUT2D eigenvalue weighted by Crippen LogP contribution is 2.24. The molecule has 0 atom stereocenters. The van der Waals surface area contributed by atoms with Crippen LogP contribution < -0.4 is 5.43 Å². The van der Waals surface area contributed by atoms with Gasteiger partial charge in [0.05, 0.1) is 11.5 Å². The average Bonchev–Trinajstić information content (AvgIpc) is 3.14. The maximum absolute atomic E-state index is 13.0. The van der Waals surface area contributed by atoms with E-state index in [1.54, 1.807) is 19.1 Å². The van der Waals surface area contributed by atoms with Gasteiger partial charge in [-0.3, -0.25) is 4.79 Å². The fraction of sp³-hybridized carbons (Fsp3) is 0.238. The third-order valence-electron chi connectivity index (χ3n) is 4.29. The number of rotatable bonds is 7. The summed E-state index contributed by atoms with van der Waals surface area (Å²) in [5, 5.41) is 13.3. The van der Waals surface area contributed by atoms with Crippen molar-refractivity contribution in [3.63, 3.8) is 0 Å². The number of carbonyl (C=O) groups excluding carboxylic acids is 1. The van der Waals surface area contributed by atoms with Gasteiger partial charge < -0.3 is 4.57 Å². The summed E-state index contributed by atoms with van der Waals surface area (Å²) in [6, 6.07) is 14.0. The van der Waals surface area contributed by atoms with Crippen LogP contribution in [0.25, 0.3) is 11.4 Å². The van der Waals surface area contributed by atoms with Crippen molar-refractivity contribution in [3.8, 4) is 11.4 Å². The molecule has 3 aromatic rings. The van der Waals surface area contributed by atoms with Crippen LogP contribution in [0.1, 0.15) is 25.0 Å². The predicted octanol–water partition coefficient (Wildman–Crippen LogP) is 4.05. The van der Waals surface area contributed by atoms with Crippen molar-refractivity contribution in [2.45, 2.75) is 32.5 Å². The quantitative estimate of drug-likeness (QED) is 0.362. The zero-order valence-electron chi connectivity index (χ0n) is 16.5. The predicted molar refractivity (Wildman–Crippen MR) is 113 cm³/mol. The van der Waals surface area contributed by atoms with E-state index in [4.69, 9.17) is 0 Å². The van der Waals surface area contributed by atoms with Gasteiger partial charge in [-0.2, -0.15) is 5.10 Å². The molecular formula is C21H22FN5OS. The van der Waals surface area contributed by atoms with Crippen molar-refractivity contribution in [2.24, 2.45) is 5.10 Å². The monoisotopic (exact) mass is 411 g/mol. The van der Waals surface area contributed by atoms with Gasteiger partial charge in [-0.25, -0.2) is 9.82 Å². The van der Waals surface area contributed by atoms with E-state index in [2.05, 4.69) is 20.7 Å². The van der Waals surface area contributed by atoms with E-state index in [0.717, 1.165) is 17.0 Å². The average molecular weight is 412 g/mol. The first-order valence-corrected chi connectivity index (χ1v) is 10.2. The number of nitrogens with zero attached hydrogens (tertiary/aromatic N) is 4. The van der Waals surface area contributed by atoms with E-state index in [1.807, 2.05) is 42.7 Å². The van der Waals surface area contributed by atoms with Crippen LogP contribution in [0.4, 0.5) is 4.39 Å². The Morgan fingerprint density at radius 1 is 1.14 bits per heavy atom. The van der Waals surface area contributed by atoms with Crippen LogP contribution in [-0.2, 0) is 11.3 Å². The Kier molecular flexibility index (Phi) is 6.77. The molecular weight excluding hydrogens is 389 g/mol.